The van der Waals surface area contributed by atoms with Crippen LogP contribution in [-0.4, -0.2) is 25.2 Å². The van der Waals surface area contributed by atoms with Crippen molar-refractivity contribution in [2.45, 2.75) is 124 Å². The number of ether oxygens (including phenoxy) is 2. The minimum atomic E-state index is -0.0376. The molecule has 0 spiro atoms. The summed E-state index contributed by atoms with van der Waals surface area (Å²) in [6, 6.07) is 0. The molecule has 0 fully saturated rings. The van der Waals surface area contributed by atoms with Crippen LogP contribution in [0.25, 0.3) is 0 Å². The number of hydrogen-bond donors (Lipinski definition) is 0. The molecular weight excluding hydrogens is 364 g/mol. The number of hydrogen-bond acceptors (Lipinski definition) is 4. The first-order chi connectivity index (χ1) is 14.0. The first kappa shape index (κ1) is 27.9. The summed E-state index contributed by atoms with van der Waals surface area (Å²) in [5, 5.41) is 0. The van der Waals surface area contributed by atoms with E-state index in [0.717, 1.165) is 32.1 Å². The Labute approximate surface area is 180 Å². The summed E-state index contributed by atoms with van der Waals surface area (Å²) in [5.41, 5.74) is 0. The first-order valence-electron chi connectivity index (χ1n) is 12.3. The molecule has 0 aliphatic rings. The molecule has 0 amide bonds. The fraction of sp³-hybridized carbons (Fsp3) is 0.920. The second-order valence-electron chi connectivity index (χ2n) is 8.70. The molecule has 0 aromatic heterocycles. The van der Waals surface area contributed by atoms with Crippen molar-refractivity contribution < 1.29 is 19.1 Å². The molecule has 0 aliphatic carbocycles. The van der Waals surface area contributed by atoms with Gasteiger partial charge in [-0.05, 0) is 37.5 Å². The lowest BCUT2D eigenvalue weighted by Crippen LogP contribution is -2.13. The van der Waals surface area contributed by atoms with Crippen molar-refractivity contribution in [3.05, 3.63) is 0 Å². The maximum atomic E-state index is 11.7. The van der Waals surface area contributed by atoms with Gasteiger partial charge in [0.2, 0.25) is 0 Å². The van der Waals surface area contributed by atoms with Gasteiger partial charge < -0.3 is 9.47 Å². The molecule has 0 rings (SSSR count). The summed E-state index contributed by atoms with van der Waals surface area (Å²) in [6.07, 6.45) is 16.2. The fourth-order valence-electron chi connectivity index (χ4n) is 3.60. The van der Waals surface area contributed by atoms with Gasteiger partial charge in [-0.1, -0.05) is 85.5 Å². The zero-order chi connectivity index (χ0) is 21.7. The van der Waals surface area contributed by atoms with Gasteiger partial charge in [0.15, 0.2) is 0 Å². The van der Waals surface area contributed by atoms with Crippen molar-refractivity contribution in [1.82, 2.24) is 0 Å². The van der Waals surface area contributed by atoms with Gasteiger partial charge >= 0.3 is 11.9 Å². The number of carbonyl (C=O) groups excluding carboxylic acids is 2. The lowest BCUT2D eigenvalue weighted by Gasteiger charge is -2.20. The van der Waals surface area contributed by atoms with E-state index in [9.17, 15) is 9.59 Å². The molecule has 172 valence electrons. The summed E-state index contributed by atoms with van der Waals surface area (Å²) in [4.78, 5) is 23.1. The Morgan fingerprint density at radius 2 is 1.07 bits per heavy atom. The smallest absolute Gasteiger partial charge is 0.305 e. The van der Waals surface area contributed by atoms with E-state index in [1.165, 1.54) is 51.4 Å². The van der Waals surface area contributed by atoms with Crippen molar-refractivity contribution in [2.75, 3.05) is 13.2 Å². The molecule has 0 aromatic rings. The molecule has 0 aromatic carbocycles. The summed E-state index contributed by atoms with van der Waals surface area (Å²) in [5.74, 6) is 1.20. The molecule has 1 unspecified atom stereocenters. The van der Waals surface area contributed by atoms with Gasteiger partial charge in [-0.25, -0.2) is 0 Å². The number of rotatable bonds is 20. The Morgan fingerprint density at radius 1 is 0.621 bits per heavy atom. The Hall–Kier alpha value is -1.06. The third-order valence-electron chi connectivity index (χ3n) is 5.55. The van der Waals surface area contributed by atoms with Gasteiger partial charge in [-0.15, -0.1) is 0 Å². The highest BCUT2D eigenvalue weighted by Crippen LogP contribution is 2.24. The van der Waals surface area contributed by atoms with Crippen LogP contribution in [0.2, 0.25) is 0 Å². The van der Waals surface area contributed by atoms with Gasteiger partial charge in [-0.2, -0.15) is 0 Å². The number of carbonyl (C=O) groups is 2. The number of unbranched alkanes of at least 4 members (excludes halogenated alkanes) is 8. The lowest BCUT2D eigenvalue weighted by atomic mass is 9.86. The molecule has 0 bridgehead atoms. The van der Waals surface area contributed by atoms with Gasteiger partial charge in [-0.3, -0.25) is 9.59 Å². The highest BCUT2D eigenvalue weighted by molar-refractivity contribution is 5.69. The van der Waals surface area contributed by atoms with Crippen LogP contribution in [-0.2, 0) is 19.1 Å². The van der Waals surface area contributed by atoms with Crippen molar-refractivity contribution >= 4 is 11.9 Å². The number of esters is 2. The van der Waals surface area contributed by atoms with Crippen molar-refractivity contribution in [1.29, 1.82) is 0 Å². The van der Waals surface area contributed by atoms with Crippen LogP contribution in [0.3, 0.4) is 0 Å². The summed E-state index contributed by atoms with van der Waals surface area (Å²) >= 11 is 0. The third-order valence-corrected chi connectivity index (χ3v) is 5.55. The highest BCUT2D eigenvalue weighted by Gasteiger charge is 2.15. The molecule has 0 N–H and O–H groups in total. The highest BCUT2D eigenvalue weighted by atomic mass is 16.5. The molecule has 0 saturated heterocycles. The molecule has 4 nitrogen and oxygen atoms in total. The van der Waals surface area contributed by atoms with Gasteiger partial charge in [0.1, 0.15) is 0 Å². The van der Waals surface area contributed by atoms with Crippen LogP contribution in [0.4, 0.5) is 0 Å². The fourth-order valence-corrected chi connectivity index (χ4v) is 3.60. The minimum absolute atomic E-state index is 0.0321. The van der Waals surface area contributed by atoms with Crippen LogP contribution < -0.4 is 0 Å². The van der Waals surface area contributed by atoms with Crippen molar-refractivity contribution in [3.8, 4) is 0 Å². The van der Waals surface area contributed by atoms with E-state index in [0.29, 0.717) is 37.9 Å². The molecule has 0 aliphatic heterocycles. The molecular formula is C25H48O4. The standard InChI is InChI=1S/C25H48O4/c1-5-20-28-24(26)17-15-13-11-9-7-8-10-12-14-16-23(22(3)4)18-19-25(27)29-21-6-2/h22-23H,5-21H2,1-4H3. The lowest BCUT2D eigenvalue weighted by molar-refractivity contribution is -0.144. The zero-order valence-electron chi connectivity index (χ0n) is 19.8. The van der Waals surface area contributed by atoms with E-state index in [1.54, 1.807) is 0 Å². The molecule has 0 saturated carbocycles. The van der Waals surface area contributed by atoms with Gasteiger partial charge in [0, 0.05) is 12.8 Å². The Morgan fingerprint density at radius 3 is 1.55 bits per heavy atom. The molecule has 1 atom stereocenters. The second-order valence-corrected chi connectivity index (χ2v) is 8.70. The third kappa shape index (κ3) is 18.7. The molecule has 0 heterocycles. The normalized spacial score (nSPS) is 12.2. The van der Waals surface area contributed by atoms with E-state index in [1.807, 2.05) is 13.8 Å². The average Bonchev–Trinajstić information content (AvgIpc) is 2.70. The van der Waals surface area contributed by atoms with Crippen LogP contribution in [0, 0.1) is 11.8 Å². The minimum Gasteiger partial charge on any atom is -0.466 e. The first-order valence-corrected chi connectivity index (χ1v) is 12.3. The molecule has 0 radical (unpaired) electrons. The van der Waals surface area contributed by atoms with E-state index < -0.39 is 0 Å². The second kappa shape index (κ2) is 20.2. The van der Waals surface area contributed by atoms with E-state index in [-0.39, 0.29) is 11.9 Å². The summed E-state index contributed by atoms with van der Waals surface area (Å²) < 4.78 is 10.3. The largest absolute Gasteiger partial charge is 0.466 e. The van der Waals surface area contributed by atoms with Crippen LogP contribution in [0.5, 0.6) is 0 Å². The maximum Gasteiger partial charge on any atom is 0.305 e. The van der Waals surface area contributed by atoms with Crippen LogP contribution in [0.1, 0.15) is 124 Å². The van der Waals surface area contributed by atoms with E-state index in [2.05, 4.69) is 13.8 Å². The summed E-state index contributed by atoms with van der Waals surface area (Å²) in [7, 11) is 0. The summed E-state index contributed by atoms with van der Waals surface area (Å²) in [6.45, 7) is 9.69. The Balaban J connectivity index is 3.54. The predicted octanol–water partition coefficient (Wildman–Crippen LogP) is 7.24. The zero-order valence-corrected chi connectivity index (χ0v) is 19.8. The van der Waals surface area contributed by atoms with Gasteiger partial charge in [0.05, 0.1) is 13.2 Å². The Bertz CT molecular complexity index is 392. The van der Waals surface area contributed by atoms with Crippen LogP contribution >= 0.6 is 0 Å². The monoisotopic (exact) mass is 412 g/mol. The molecule has 29 heavy (non-hydrogen) atoms. The van der Waals surface area contributed by atoms with Gasteiger partial charge in [0.25, 0.3) is 0 Å². The predicted molar refractivity (Wildman–Crippen MR) is 121 cm³/mol. The topological polar surface area (TPSA) is 52.6 Å². The van der Waals surface area contributed by atoms with E-state index in [4.69, 9.17) is 9.47 Å². The molecule has 4 heteroatoms. The quantitative estimate of drug-likeness (QED) is 0.156. The van der Waals surface area contributed by atoms with Crippen molar-refractivity contribution in [3.63, 3.8) is 0 Å². The van der Waals surface area contributed by atoms with Crippen molar-refractivity contribution in [2.24, 2.45) is 11.8 Å². The van der Waals surface area contributed by atoms with E-state index >= 15 is 0 Å². The van der Waals surface area contributed by atoms with Crippen LogP contribution in [0.15, 0.2) is 0 Å². The maximum absolute atomic E-state index is 11.7. The average molecular weight is 413 g/mol. The SMILES string of the molecule is CCCOC(=O)CCCCCCCCCCCC(CCC(=O)OCCC)C(C)C. The Kier molecular flexibility index (Phi) is 19.5.